The molecule has 2 aliphatic rings. The predicted octanol–water partition coefficient (Wildman–Crippen LogP) is 3.22. The molecule has 0 aliphatic carbocycles. The maximum absolute atomic E-state index is 5.75. The van der Waals surface area contributed by atoms with Crippen molar-refractivity contribution in [3.05, 3.63) is 34.4 Å². The summed E-state index contributed by atoms with van der Waals surface area (Å²) in [7, 11) is 0. The molecule has 1 spiro atoms. The Labute approximate surface area is 119 Å². The fourth-order valence-corrected chi connectivity index (χ4v) is 3.02. The number of ether oxygens (including phenoxy) is 2. The zero-order valence-electron chi connectivity index (χ0n) is 12.4. The molecule has 4 nitrogen and oxygen atoms in total. The topological polar surface area (TPSA) is 40.0 Å². The SMILES string of the molecule is Cc1cc(C)c(C2=NOC3(C2)OCCCCO3)c(C)c1. The van der Waals surface area contributed by atoms with Crippen molar-refractivity contribution in [1.82, 2.24) is 0 Å². The quantitative estimate of drug-likeness (QED) is 0.790. The highest BCUT2D eigenvalue weighted by molar-refractivity contribution is 6.03. The lowest BCUT2D eigenvalue weighted by molar-refractivity contribution is -0.361. The van der Waals surface area contributed by atoms with Crippen molar-refractivity contribution < 1.29 is 14.3 Å². The van der Waals surface area contributed by atoms with Gasteiger partial charge in [0.05, 0.1) is 25.3 Å². The number of hydrogen-bond donors (Lipinski definition) is 0. The molecular weight excluding hydrogens is 254 g/mol. The largest absolute Gasteiger partial charge is 0.356 e. The first-order chi connectivity index (χ1) is 9.60. The van der Waals surface area contributed by atoms with Gasteiger partial charge in [-0.1, -0.05) is 22.9 Å². The van der Waals surface area contributed by atoms with Gasteiger partial charge in [-0.3, -0.25) is 0 Å². The van der Waals surface area contributed by atoms with Gasteiger partial charge in [-0.05, 0) is 44.7 Å². The van der Waals surface area contributed by atoms with Gasteiger partial charge >= 0.3 is 5.97 Å². The summed E-state index contributed by atoms with van der Waals surface area (Å²) in [6.45, 7) is 7.65. The zero-order chi connectivity index (χ0) is 14.2. The summed E-state index contributed by atoms with van der Waals surface area (Å²) in [6.07, 6.45) is 2.56. The van der Waals surface area contributed by atoms with E-state index in [1.54, 1.807) is 0 Å². The van der Waals surface area contributed by atoms with Gasteiger partial charge in [0.2, 0.25) is 0 Å². The number of hydrogen-bond acceptors (Lipinski definition) is 4. The number of aryl methyl sites for hydroxylation is 3. The van der Waals surface area contributed by atoms with Crippen LogP contribution in [-0.4, -0.2) is 24.9 Å². The van der Waals surface area contributed by atoms with Gasteiger partial charge in [0.15, 0.2) is 0 Å². The van der Waals surface area contributed by atoms with Crippen molar-refractivity contribution in [3.8, 4) is 0 Å². The van der Waals surface area contributed by atoms with Gasteiger partial charge in [0.25, 0.3) is 0 Å². The van der Waals surface area contributed by atoms with Crippen LogP contribution in [0.15, 0.2) is 17.3 Å². The highest BCUT2D eigenvalue weighted by Crippen LogP contribution is 2.33. The van der Waals surface area contributed by atoms with Crippen LogP contribution in [0.5, 0.6) is 0 Å². The zero-order valence-corrected chi connectivity index (χ0v) is 12.4. The Hall–Kier alpha value is -1.39. The van der Waals surface area contributed by atoms with Crippen molar-refractivity contribution >= 4 is 5.71 Å². The fraction of sp³-hybridized carbons (Fsp3) is 0.562. The van der Waals surface area contributed by atoms with E-state index in [2.05, 4.69) is 38.1 Å². The maximum Gasteiger partial charge on any atom is 0.356 e. The van der Waals surface area contributed by atoms with Crippen molar-refractivity contribution in [2.45, 2.75) is 46.0 Å². The molecule has 0 saturated carbocycles. The van der Waals surface area contributed by atoms with E-state index in [1.807, 2.05) is 0 Å². The molecule has 3 rings (SSSR count). The summed E-state index contributed by atoms with van der Waals surface area (Å²) in [4.78, 5) is 5.51. The Morgan fingerprint density at radius 3 is 2.20 bits per heavy atom. The fourth-order valence-electron chi connectivity index (χ4n) is 3.02. The van der Waals surface area contributed by atoms with Crippen molar-refractivity contribution in [2.75, 3.05) is 13.2 Å². The third-order valence-corrected chi connectivity index (χ3v) is 3.83. The van der Waals surface area contributed by atoms with Crippen LogP contribution >= 0.6 is 0 Å². The second-order valence-corrected chi connectivity index (χ2v) is 5.67. The first kappa shape index (κ1) is 13.6. The predicted molar refractivity (Wildman–Crippen MR) is 76.8 cm³/mol. The third-order valence-electron chi connectivity index (χ3n) is 3.83. The number of rotatable bonds is 1. The Balaban J connectivity index is 1.87. The van der Waals surface area contributed by atoms with Crippen molar-refractivity contribution in [1.29, 1.82) is 0 Å². The van der Waals surface area contributed by atoms with Gasteiger partial charge in [0.1, 0.15) is 0 Å². The molecule has 0 radical (unpaired) electrons. The molecule has 0 amide bonds. The van der Waals surface area contributed by atoms with Gasteiger partial charge in [-0.15, -0.1) is 0 Å². The van der Waals surface area contributed by atoms with Crippen LogP contribution in [0.4, 0.5) is 0 Å². The number of oxime groups is 1. The summed E-state index contributed by atoms with van der Waals surface area (Å²) in [5.41, 5.74) is 5.77. The van der Waals surface area contributed by atoms with E-state index in [0.717, 1.165) is 24.1 Å². The smallest absolute Gasteiger partial charge is 0.331 e. The number of nitrogens with zero attached hydrogens (tertiary/aromatic N) is 1. The average molecular weight is 275 g/mol. The summed E-state index contributed by atoms with van der Waals surface area (Å²) in [6, 6.07) is 4.34. The molecular formula is C16H21NO3. The molecule has 0 N–H and O–H groups in total. The van der Waals surface area contributed by atoms with Crippen molar-refractivity contribution in [3.63, 3.8) is 0 Å². The first-order valence-corrected chi connectivity index (χ1v) is 7.21. The molecule has 0 aromatic heterocycles. The normalized spacial score (nSPS) is 21.4. The molecule has 2 heterocycles. The van der Waals surface area contributed by atoms with Gasteiger partial charge in [-0.25, -0.2) is 0 Å². The van der Waals surface area contributed by atoms with E-state index in [1.165, 1.54) is 16.7 Å². The lowest BCUT2D eigenvalue weighted by atomic mass is 9.94. The standard InChI is InChI=1S/C16H21NO3/c1-11-8-12(2)15(13(3)9-11)14-10-16(20-17-14)18-6-4-5-7-19-16/h8-9H,4-7,10H2,1-3H3. The highest BCUT2D eigenvalue weighted by Gasteiger charge is 2.43. The second-order valence-electron chi connectivity index (χ2n) is 5.67. The highest BCUT2D eigenvalue weighted by atomic mass is 16.9. The molecule has 1 aromatic rings. The van der Waals surface area contributed by atoms with E-state index >= 15 is 0 Å². The average Bonchev–Trinajstić information content (AvgIpc) is 2.63. The molecule has 1 saturated heterocycles. The van der Waals surface area contributed by atoms with E-state index in [4.69, 9.17) is 14.3 Å². The molecule has 1 aromatic carbocycles. The minimum Gasteiger partial charge on any atom is -0.331 e. The summed E-state index contributed by atoms with van der Waals surface area (Å²) in [5, 5.41) is 4.24. The molecule has 108 valence electrons. The third kappa shape index (κ3) is 2.45. The summed E-state index contributed by atoms with van der Waals surface area (Å²) in [5.74, 6) is -0.990. The Bertz CT molecular complexity index is 520. The van der Waals surface area contributed by atoms with E-state index in [0.29, 0.717) is 19.6 Å². The first-order valence-electron chi connectivity index (χ1n) is 7.21. The lowest BCUT2D eigenvalue weighted by Crippen LogP contribution is -2.35. The van der Waals surface area contributed by atoms with Gasteiger partial charge in [-0.2, -0.15) is 0 Å². The van der Waals surface area contributed by atoms with E-state index in [9.17, 15) is 0 Å². The molecule has 4 heteroatoms. The number of benzene rings is 1. The van der Waals surface area contributed by atoms with E-state index in [-0.39, 0.29) is 0 Å². The van der Waals surface area contributed by atoms with Crippen LogP contribution in [0.1, 0.15) is 41.5 Å². The minimum absolute atomic E-state index is 0.553. The molecule has 1 fully saturated rings. The van der Waals surface area contributed by atoms with Crippen molar-refractivity contribution in [2.24, 2.45) is 5.16 Å². The van der Waals surface area contributed by atoms with Crippen LogP contribution in [0, 0.1) is 20.8 Å². The van der Waals surface area contributed by atoms with Crippen LogP contribution in [-0.2, 0) is 14.3 Å². The van der Waals surface area contributed by atoms with Crippen LogP contribution in [0.3, 0.4) is 0 Å². The van der Waals surface area contributed by atoms with Gasteiger partial charge < -0.3 is 14.3 Å². The Morgan fingerprint density at radius 1 is 1.00 bits per heavy atom. The Morgan fingerprint density at radius 2 is 1.60 bits per heavy atom. The lowest BCUT2D eigenvalue weighted by Gasteiger charge is -2.23. The molecule has 0 bridgehead atoms. The molecule has 2 aliphatic heterocycles. The van der Waals surface area contributed by atoms with Crippen LogP contribution in [0.25, 0.3) is 0 Å². The minimum atomic E-state index is -0.990. The van der Waals surface area contributed by atoms with Crippen LogP contribution in [0.2, 0.25) is 0 Å². The summed E-state index contributed by atoms with van der Waals surface area (Å²) >= 11 is 0. The van der Waals surface area contributed by atoms with E-state index < -0.39 is 5.97 Å². The molecule has 20 heavy (non-hydrogen) atoms. The van der Waals surface area contributed by atoms with Crippen LogP contribution < -0.4 is 0 Å². The monoisotopic (exact) mass is 275 g/mol. The molecule has 0 atom stereocenters. The second kappa shape index (κ2) is 5.19. The molecule has 0 unspecified atom stereocenters. The van der Waals surface area contributed by atoms with Gasteiger partial charge in [0, 0.05) is 5.56 Å². The summed E-state index contributed by atoms with van der Waals surface area (Å²) < 4.78 is 11.5. The maximum atomic E-state index is 5.75. The Kier molecular flexibility index (Phi) is 3.52.